The van der Waals surface area contributed by atoms with E-state index >= 15 is 0 Å². The van der Waals surface area contributed by atoms with Crippen molar-refractivity contribution in [3.8, 4) is 0 Å². The summed E-state index contributed by atoms with van der Waals surface area (Å²) in [5, 5.41) is 10.6. The molecule has 0 aromatic rings. The van der Waals surface area contributed by atoms with Crippen molar-refractivity contribution < 1.29 is 80.2 Å². The van der Waals surface area contributed by atoms with Crippen molar-refractivity contribution in [1.82, 2.24) is 0 Å². The van der Waals surface area contributed by atoms with Gasteiger partial charge in [0.25, 0.3) is 0 Å². The monoisotopic (exact) mass is 1450 g/mol. The number of aliphatic hydroxyl groups excluding tert-OH is 1. The number of carbonyl (C=O) groups excluding carboxylic acids is 4. The number of hydrogen-bond donors (Lipinski definition) is 3. The number of unbranched alkanes of at least 4 members (excludes halogenated alkanes) is 46. The molecule has 0 spiro atoms. The average molecular weight is 1450 g/mol. The van der Waals surface area contributed by atoms with Crippen molar-refractivity contribution in [3.63, 3.8) is 0 Å². The predicted octanol–water partition coefficient (Wildman–Crippen LogP) is 23.7. The van der Waals surface area contributed by atoms with Crippen LogP contribution in [0.15, 0.2) is 0 Å². The molecule has 5 atom stereocenters. The Morgan fingerprint density at radius 1 is 0.273 bits per heavy atom. The fraction of sp³-hybridized carbons (Fsp3) is 0.950. The van der Waals surface area contributed by atoms with E-state index in [4.69, 9.17) is 37.0 Å². The van der Waals surface area contributed by atoms with Gasteiger partial charge in [-0.25, -0.2) is 9.13 Å². The Morgan fingerprint density at radius 2 is 0.465 bits per heavy atom. The van der Waals surface area contributed by atoms with Crippen LogP contribution in [-0.4, -0.2) is 96.7 Å². The molecule has 0 aromatic heterocycles. The van der Waals surface area contributed by atoms with E-state index in [1.165, 1.54) is 218 Å². The topological polar surface area (TPSA) is 237 Å². The van der Waals surface area contributed by atoms with Gasteiger partial charge in [-0.2, -0.15) is 0 Å². The van der Waals surface area contributed by atoms with Gasteiger partial charge in [0.2, 0.25) is 0 Å². The second-order valence-corrected chi connectivity index (χ2v) is 33.1. The Kier molecular flexibility index (Phi) is 69.0. The van der Waals surface area contributed by atoms with Crippen molar-refractivity contribution in [1.29, 1.82) is 0 Å². The summed E-state index contributed by atoms with van der Waals surface area (Å²) in [6, 6.07) is 0. The first-order chi connectivity index (χ1) is 47.7. The van der Waals surface area contributed by atoms with Crippen LogP contribution in [0.4, 0.5) is 0 Å². The summed E-state index contributed by atoms with van der Waals surface area (Å²) in [7, 11) is -9.91. The average Bonchev–Trinajstić information content (AvgIpc) is 0.983. The number of esters is 4. The zero-order valence-electron chi connectivity index (χ0n) is 65.0. The molecule has 3 N–H and O–H groups in total. The zero-order valence-corrected chi connectivity index (χ0v) is 66.8. The molecule has 0 aliphatic heterocycles. The van der Waals surface area contributed by atoms with Crippen molar-refractivity contribution >= 4 is 39.5 Å². The van der Waals surface area contributed by atoms with Gasteiger partial charge in [0.1, 0.15) is 19.3 Å². The predicted molar refractivity (Wildman–Crippen MR) is 405 cm³/mol. The third-order valence-corrected chi connectivity index (χ3v) is 20.5. The Balaban J connectivity index is 5.19. The molecule has 0 bridgehead atoms. The maximum Gasteiger partial charge on any atom is 0.472 e. The molecule has 19 heteroatoms. The molecule has 2 unspecified atom stereocenters. The first-order valence-corrected chi connectivity index (χ1v) is 44.3. The molecule has 0 saturated heterocycles. The number of carbonyl (C=O) groups is 4. The molecule has 0 heterocycles. The lowest BCUT2D eigenvalue weighted by atomic mass is 10.0. The molecule has 0 saturated carbocycles. The van der Waals surface area contributed by atoms with Crippen LogP contribution in [0.1, 0.15) is 414 Å². The highest BCUT2D eigenvalue weighted by molar-refractivity contribution is 7.47. The minimum absolute atomic E-state index is 0.106. The van der Waals surface area contributed by atoms with Crippen LogP contribution in [0, 0.1) is 17.8 Å². The second-order valence-electron chi connectivity index (χ2n) is 30.2. The van der Waals surface area contributed by atoms with Crippen molar-refractivity contribution in [2.75, 3.05) is 39.6 Å². The van der Waals surface area contributed by atoms with E-state index in [1.54, 1.807) is 0 Å². The van der Waals surface area contributed by atoms with Gasteiger partial charge < -0.3 is 33.8 Å². The second kappa shape index (κ2) is 70.4. The number of hydrogen-bond acceptors (Lipinski definition) is 15. The summed E-state index contributed by atoms with van der Waals surface area (Å²) >= 11 is 0. The molecule has 0 rings (SSSR count). The molecule has 588 valence electrons. The van der Waals surface area contributed by atoms with Gasteiger partial charge in [0.05, 0.1) is 26.4 Å². The van der Waals surface area contributed by atoms with Crippen molar-refractivity contribution in [3.05, 3.63) is 0 Å². The molecule has 0 fully saturated rings. The van der Waals surface area contributed by atoms with Gasteiger partial charge in [0, 0.05) is 25.7 Å². The van der Waals surface area contributed by atoms with Crippen LogP contribution in [0.2, 0.25) is 0 Å². The van der Waals surface area contributed by atoms with Gasteiger partial charge in [0.15, 0.2) is 12.2 Å². The zero-order chi connectivity index (χ0) is 73.0. The van der Waals surface area contributed by atoms with Crippen LogP contribution in [0.3, 0.4) is 0 Å². The highest BCUT2D eigenvalue weighted by atomic mass is 31.2. The first kappa shape index (κ1) is 97.1. The Labute approximate surface area is 607 Å². The molecule has 99 heavy (non-hydrogen) atoms. The number of phosphoric acid groups is 2. The van der Waals surface area contributed by atoms with Crippen LogP contribution in [0.5, 0.6) is 0 Å². The van der Waals surface area contributed by atoms with Gasteiger partial charge in [-0.3, -0.25) is 37.3 Å². The highest BCUT2D eigenvalue weighted by Gasteiger charge is 2.30. The maximum atomic E-state index is 13.1. The standard InChI is InChI=1S/C80H156O17P2/c1-8-9-10-11-12-40-47-54-61-77(82)90-67-75(96-80(85)64-57-50-43-36-30-29-33-39-46-53-60-73(6)7)69-94-98(86,87)92-65-74(81)66-93-99(88,89)95-70-76(68-91-78(83)62-55-48-41-34-27-23-20-19-22-26-32-38-45-52-59-72(4)5)97-79(84)63-56-49-42-35-28-24-18-16-14-13-15-17-21-25-31-37-44-51-58-71(2)3/h71-76,81H,8-70H2,1-7H3,(H,86,87)(H,88,89)/t74-,75+,76+/m0/s1. The molecule has 17 nitrogen and oxygen atoms in total. The van der Waals surface area contributed by atoms with Gasteiger partial charge >= 0.3 is 39.5 Å². The lowest BCUT2D eigenvalue weighted by Gasteiger charge is -2.21. The third kappa shape index (κ3) is 74.1. The molecular formula is C80H156O17P2. The third-order valence-electron chi connectivity index (χ3n) is 18.6. The fourth-order valence-corrected chi connectivity index (χ4v) is 13.9. The number of aliphatic hydroxyl groups is 1. The van der Waals surface area contributed by atoms with Gasteiger partial charge in [-0.1, -0.05) is 363 Å². The molecule has 0 radical (unpaired) electrons. The summed E-state index contributed by atoms with van der Waals surface area (Å²) in [5.41, 5.74) is 0. The summed E-state index contributed by atoms with van der Waals surface area (Å²) in [6.45, 7) is 12.0. The number of ether oxygens (including phenoxy) is 4. The van der Waals surface area contributed by atoms with Crippen molar-refractivity contribution in [2.45, 2.75) is 433 Å². The Morgan fingerprint density at radius 3 is 0.687 bits per heavy atom. The summed E-state index contributed by atoms with van der Waals surface area (Å²) in [5.74, 6) is 0.257. The summed E-state index contributed by atoms with van der Waals surface area (Å²) < 4.78 is 68.6. The quantitative estimate of drug-likeness (QED) is 0.0222. The van der Waals surface area contributed by atoms with Crippen LogP contribution >= 0.6 is 15.6 Å². The number of phosphoric ester groups is 2. The van der Waals surface area contributed by atoms with Crippen LogP contribution in [-0.2, 0) is 65.4 Å². The molecule has 0 amide bonds. The first-order valence-electron chi connectivity index (χ1n) is 41.3. The maximum absolute atomic E-state index is 13.1. The van der Waals surface area contributed by atoms with E-state index in [0.717, 1.165) is 114 Å². The summed E-state index contributed by atoms with van der Waals surface area (Å²) in [6.07, 6.45) is 58.4. The van der Waals surface area contributed by atoms with E-state index < -0.39 is 97.5 Å². The van der Waals surface area contributed by atoms with Gasteiger partial charge in [-0.15, -0.1) is 0 Å². The molecule has 0 aliphatic carbocycles. The minimum atomic E-state index is -4.96. The van der Waals surface area contributed by atoms with E-state index in [2.05, 4.69) is 48.5 Å². The van der Waals surface area contributed by atoms with E-state index in [1.807, 2.05) is 0 Å². The van der Waals surface area contributed by atoms with E-state index in [-0.39, 0.29) is 25.7 Å². The summed E-state index contributed by atoms with van der Waals surface area (Å²) in [4.78, 5) is 72.9. The SMILES string of the molecule is CCCCCCCCCCC(=O)OC[C@H](COP(=O)(O)OC[C@H](O)COP(=O)(O)OC[C@@H](COC(=O)CCCCCCCCCCCCCCCCC(C)C)OC(=O)CCCCCCCCCCCCCCCCCCCCC(C)C)OC(=O)CCCCCCCCCCCCC(C)C. The minimum Gasteiger partial charge on any atom is -0.462 e. The van der Waals surface area contributed by atoms with Crippen molar-refractivity contribution in [2.24, 2.45) is 17.8 Å². The largest absolute Gasteiger partial charge is 0.472 e. The fourth-order valence-electron chi connectivity index (χ4n) is 12.3. The van der Waals surface area contributed by atoms with Gasteiger partial charge in [-0.05, 0) is 43.4 Å². The Bertz CT molecular complexity index is 1920. The lowest BCUT2D eigenvalue weighted by molar-refractivity contribution is -0.161. The lowest BCUT2D eigenvalue weighted by Crippen LogP contribution is -2.30. The Hall–Kier alpha value is -1.94. The normalized spacial score (nSPS) is 14.0. The van der Waals surface area contributed by atoms with E-state index in [0.29, 0.717) is 25.7 Å². The molecule has 0 aliphatic rings. The van der Waals surface area contributed by atoms with Crippen LogP contribution in [0.25, 0.3) is 0 Å². The number of rotatable bonds is 78. The smallest absolute Gasteiger partial charge is 0.462 e. The molecule has 0 aromatic carbocycles. The highest BCUT2D eigenvalue weighted by Crippen LogP contribution is 2.45. The van der Waals surface area contributed by atoms with E-state index in [9.17, 15) is 43.2 Å². The molecular weight excluding hydrogens is 1290 g/mol. The van der Waals surface area contributed by atoms with Crippen LogP contribution < -0.4 is 0 Å².